The number of nitrogens with one attached hydrogen (secondary N) is 1. The van der Waals surface area contributed by atoms with E-state index in [1.54, 1.807) is 38.7 Å². The van der Waals surface area contributed by atoms with Gasteiger partial charge in [-0.25, -0.2) is 0 Å². The van der Waals surface area contributed by atoms with Gasteiger partial charge in [0.2, 0.25) is 5.91 Å². The summed E-state index contributed by atoms with van der Waals surface area (Å²) in [5.41, 5.74) is 1.03. The number of carbonyl (C=O) groups excluding carboxylic acids is 1. The van der Waals surface area contributed by atoms with Crippen molar-refractivity contribution in [1.29, 1.82) is 0 Å². The van der Waals surface area contributed by atoms with Crippen LogP contribution in [-0.4, -0.2) is 26.7 Å². The van der Waals surface area contributed by atoms with Gasteiger partial charge in [-0.15, -0.1) is 0 Å². The second-order valence-corrected chi connectivity index (χ2v) is 5.54. The van der Waals surface area contributed by atoms with E-state index < -0.39 is 0 Å². The first-order chi connectivity index (χ1) is 11.1. The maximum absolute atomic E-state index is 11.7. The van der Waals surface area contributed by atoms with E-state index in [9.17, 15) is 4.79 Å². The minimum atomic E-state index is -0.169. The summed E-state index contributed by atoms with van der Waals surface area (Å²) in [6.45, 7) is 0.509. The Balaban J connectivity index is 1.89. The molecule has 1 aromatic carbocycles. The van der Waals surface area contributed by atoms with E-state index in [1.807, 2.05) is 12.1 Å². The molecule has 5 nitrogen and oxygen atoms in total. The van der Waals surface area contributed by atoms with Gasteiger partial charge in [-0.1, -0.05) is 15.9 Å². The maximum atomic E-state index is 11.7. The fourth-order valence-corrected chi connectivity index (χ4v) is 2.53. The van der Waals surface area contributed by atoms with E-state index in [-0.39, 0.29) is 5.91 Å². The van der Waals surface area contributed by atoms with Crippen molar-refractivity contribution in [2.45, 2.75) is 6.42 Å². The molecule has 0 saturated heterocycles. The van der Waals surface area contributed by atoms with Crippen molar-refractivity contribution in [3.8, 4) is 11.5 Å². The van der Waals surface area contributed by atoms with Gasteiger partial charge in [-0.3, -0.25) is 4.79 Å². The first-order valence-electron chi connectivity index (χ1n) is 7.04. The highest BCUT2D eigenvalue weighted by molar-refractivity contribution is 9.10. The van der Waals surface area contributed by atoms with E-state index in [0.717, 1.165) is 10.0 Å². The van der Waals surface area contributed by atoms with E-state index in [1.165, 1.54) is 6.08 Å². The summed E-state index contributed by atoms with van der Waals surface area (Å²) >= 11 is 3.50. The van der Waals surface area contributed by atoms with Gasteiger partial charge < -0.3 is 19.2 Å². The van der Waals surface area contributed by atoms with Crippen LogP contribution in [0.5, 0.6) is 11.5 Å². The smallest absolute Gasteiger partial charge is 0.244 e. The Labute approximate surface area is 143 Å². The van der Waals surface area contributed by atoms with Crippen LogP contribution in [0, 0.1) is 0 Å². The number of amides is 1. The largest absolute Gasteiger partial charge is 0.493 e. The molecule has 1 N–H and O–H groups in total. The summed E-state index contributed by atoms with van der Waals surface area (Å²) in [7, 11) is 3.19. The minimum absolute atomic E-state index is 0.169. The van der Waals surface area contributed by atoms with Gasteiger partial charge in [0.25, 0.3) is 0 Å². The zero-order valence-electron chi connectivity index (χ0n) is 13.0. The molecule has 0 atom stereocenters. The Hall–Kier alpha value is -2.21. The van der Waals surface area contributed by atoms with Crippen LogP contribution in [-0.2, 0) is 11.2 Å². The summed E-state index contributed by atoms with van der Waals surface area (Å²) in [5.74, 6) is 1.80. The van der Waals surface area contributed by atoms with E-state index in [4.69, 9.17) is 13.9 Å². The lowest BCUT2D eigenvalue weighted by molar-refractivity contribution is -0.116. The molecule has 2 aromatic rings. The number of benzene rings is 1. The molecule has 122 valence electrons. The van der Waals surface area contributed by atoms with Crippen molar-refractivity contribution in [2.75, 3.05) is 20.8 Å². The Kier molecular flexibility index (Phi) is 6.29. The normalized spacial score (nSPS) is 10.7. The highest BCUT2D eigenvalue weighted by atomic mass is 79.9. The van der Waals surface area contributed by atoms with Crippen LogP contribution in [0.25, 0.3) is 6.08 Å². The number of ether oxygens (including phenoxy) is 2. The standard InChI is InChI=1S/C17H18BrNO4/c1-21-15-10-12(14(18)11-16(15)22-2)7-8-19-17(20)6-5-13-4-3-9-23-13/h3-6,9-11H,7-8H2,1-2H3,(H,19,20)/b6-5+. The Morgan fingerprint density at radius 2 is 2.04 bits per heavy atom. The molecule has 1 aromatic heterocycles. The third-order valence-electron chi connectivity index (χ3n) is 3.19. The van der Waals surface area contributed by atoms with Crippen molar-refractivity contribution in [2.24, 2.45) is 0 Å². The van der Waals surface area contributed by atoms with E-state index in [0.29, 0.717) is 30.2 Å². The van der Waals surface area contributed by atoms with Crippen LogP contribution in [0.4, 0.5) is 0 Å². The maximum Gasteiger partial charge on any atom is 0.244 e. The molecule has 0 radical (unpaired) electrons. The van der Waals surface area contributed by atoms with Crippen molar-refractivity contribution in [3.63, 3.8) is 0 Å². The average Bonchev–Trinajstić information content (AvgIpc) is 3.07. The van der Waals surface area contributed by atoms with Gasteiger partial charge in [0.1, 0.15) is 5.76 Å². The van der Waals surface area contributed by atoms with Crippen molar-refractivity contribution in [1.82, 2.24) is 5.32 Å². The zero-order chi connectivity index (χ0) is 16.7. The summed E-state index contributed by atoms with van der Waals surface area (Å²) in [5, 5.41) is 2.83. The first kappa shape index (κ1) is 17.1. The topological polar surface area (TPSA) is 60.7 Å². The van der Waals surface area contributed by atoms with Crippen LogP contribution >= 0.6 is 15.9 Å². The molecule has 0 aliphatic rings. The zero-order valence-corrected chi connectivity index (χ0v) is 14.6. The number of furan rings is 1. The molecule has 0 aliphatic heterocycles. The summed E-state index contributed by atoms with van der Waals surface area (Å²) in [6.07, 6.45) is 5.30. The lowest BCUT2D eigenvalue weighted by Gasteiger charge is -2.12. The van der Waals surface area contributed by atoms with Gasteiger partial charge in [0, 0.05) is 17.1 Å². The third kappa shape index (κ3) is 4.89. The predicted molar refractivity (Wildman–Crippen MR) is 91.7 cm³/mol. The molecule has 0 fully saturated rings. The van der Waals surface area contributed by atoms with Gasteiger partial charge in [-0.2, -0.15) is 0 Å². The van der Waals surface area contributed by atoms with Crippen molar-refractivity contribution >= 4 is 27.9 Å². The number of carbonyl (C=O) groups is 1. The molecule has 6 heteroatoms. The number of halogens is 1. The van der Waals surface area contributed by atoms with Crippen molar-refractivity contribution < 1.29 is 18.7 Å². The van der Waals surface area contributed by atoms with Crippen molar-refractivity contribution in [3.05, 3.63) is 52.4 Å². The Morgan fingerprint density at radius 1 is 1.30 bits per heavy atom. The van der Waals surface area contributed by atoms with Crippen LogP contribution in [0.15, 0.2) is 45.5 Å². The molecule has 0 bridgehead atoms. The number of methoxy groups -OCH3 is 2. The monoisotopic (exact) mass is 379 g/mol. The van der Waals surface area contributed by atoms with E-state index in [2.05, 4.69) is 21.2 Å². The molecule has 1 amide bonds. The summed E-state index contributed by atoms with van der Waals surface area (Å²) in [4.78, 5) is 11.7. The summed E-state index contributed by atoms with van der Waals surface area (Å²) < 4.78 is 16.6. The minimum Gasteiger partial charge on any atom is -0.493 e. The second kappa shape index (κ2) is 8.43. The quantitative estimate of drug-likeness (QED) is 0.748. The fourth-order valence-electron chi connectivity index (χ4n) is 2.01. The highest BCUT2D eigenvalue weighted by Gasteiger charge is 2.09. The van der Waals surface area contributed by atoms with Gasteiger partial charge in [0.15, 0.2) is 11.5 Å². The van der Waals surface area contributed by atoms with Crippen LogP contribution in [0.2, 0.25) is 0 Å². The van der Waals surface area contributed by atoms with Crippen LogP contribution in [0.3, 0.4) is 0 Å². The van der Waals surface area contributed by atoms with E-state index >= 15 is 0 Å². The number of rotatable bonds is 7. The molecule has 0 unspecified atom stereocenters. The molecule has 1 heterocycles. The Bertz CT molecular complexity index is 680. The lowest BCUT2D eigenvalue weighted by atomic mass is 10.1. The molecular weight excluding hydrogens is 362 g/mol. The second-order valence-electron chi connectivity index (χ2n) is 4.69. The number of hydrogen-bond acceptors (Lipinski definition) is 4. The molecule has 23 heavy (non-hydrogen) atoms. The molecule has 2 rings (SSSR count). The first-order valence-corrected chi connectivity index (χ1v) is 7.83. The molecule has 0 aliphatic carbocycles. The fraction of sp³-hybridized carbons (Fsp3) is 0.235. The Morgan fingerprint density at radius 3 is 2.70 bits per heavy atom. The summed E-state index contributed by atoms with van der Waals surface area (Å²) in [6, 6.07) is 7.30. The van der Waals surface area contributed by atoms with Crippen LogP contribution < -0.4 is 14.8 Å². The van der Waals surface area contributed by atoms with Crippen LogP contribution in [0.1, 0.15) is 11.3 Å². The highest BCUT2D eigenvalue weighted by Crippen LogP contribution is 2.33. The van der Waals surface area contributed by atoms with Gasteiger partial charge in [0.05, 0.1) is 20.5 Å². The van der Waals surface area contributed by atoms with Gasteiger partial charge >= 0.3 is 0 Å². The SMILES string of the molecule is COc1cc(Br)c(CCNC(=O)/C=C/c2ccco2)cc1OC. The molecule has 0 spiro atoms. The predicted octanol–water partition coefficient (Wildman–Crippen LogP) is 3.43. The third-order valence-corrected chi connectivity index (χ3v) is 3.93. The lowest BCUT2D eigenvalue weighted by Crippen LogP contribution is -2.23. The number of hydrogen-bond donors (Lipinski definition) is 1. The van der Waals surface area contributed by atoms with Gasteiger partial charge in [-0.05, 0) is 42.3 Å². The molecular formula is C17H18BrNO4. The molecule has 0 saturated carbocycles. The average molecular weight is 380 g/mol.